The number of nitrogens with two attached hydrogens (primary N) is 1. The summed E-state index contributed by atoms with van der Waals surface area (Å²) in [6.45, 7) is 3.89. The molecule has 4 amide bonds. The zero-order valence-electron chi connectivity index (χ0n) is 24.0. The van der Waals surface area contributed by atoms with Crippen LogP contribution in [0.2, 0.25) is 0 Å². The van der Waals surface area contributed by atoms with E-state index in [4.69, 9.17) is 15.6 Å². The number of hydrogen-bond donors (Lipinski definition) is 5. The number of nitrogens with one attached hydrogen (secondary N) is 3. The van der Waals surface area contributed by atoms with Crippen molar-refractivity contribution in [2.45, 2.75) is 43.4 Å². The van der Waals surface area contributed by atoms with Crippen LogP contribution in [0.5, 0.6) is 5.75 Å². The van der Waals surface area contributed by atoms with Gasteiger partial charge < -0.3 is 36.4 Å². The van der Waals surface area contributed by atoms with Gasteiger partial charge in [0.15, 0.2) is 0 Å². The fourth-order valence-electron chi connectivity index (χ4n) is 4.46. The van der Waals surface area contributed by atoms with Crippen LogP contribution in [0.4, 0.5) is 10.5 Å². The zero-order chi connectivity index (χ0) is 30.3. The average molecular weight is 592 g/mol. The average Bonchev–Trinajstić information content (AvgIpc) is 3.11. The third kappa shape index (κ3) is 7.61. The Morgan fingerprint density at radius 2 is 1.83 bits per heavy atom. The third-order valence-electron chi connectivity index (χ3n) is 6.78. The van der Waals surface area contributed by atoms with Crippen molar-refractivity contribution >= 4 is 35.3 Å². The molecule has 0 bridgehead atoms. The summed E-state index contributed by atoms with van der Waals surface area (Å²) in [5, 5.41) is 17.1. The summed E-state index contributed by atoms with van der Waals surface area (Å²) in [7, 11) is 1.60. The Morgan fingerprint density at radius 3 is 2.52 bits per heavy atom. The Labute approximate surface area is 250 Å². The van der Waals surface area contributed by atoms with E-state index in [9.17, 15) is 14.4 Å². The predicted molar refractivity (Wildman–Crippen MR) is 164 cm³/mol. The second-order valence-corrected chi connectivity index (χ2v) is 11.6. The fraction of sp³-hybridized carbons (Fsp3) is 0.323. The van der Waals surface area contributed by atoms with E-state index in [0.29, 0.717) is 24.6 Å². The van der Waals surface area contributed by atoms with Gasteiger partial charge in [-0.15, -0.1) is 11.8 Å². The molecule has 0 unspecified atom stereocenters. The number of fused-ring (bicyclic) bond motifs is 1. The quantitative estimate of drug-likeness (QED) is 0.244. The SMILES string of the molecule is COc1ccc2c(c1)SC[C@@H](NC(=O)C(C)(C)N)C(=O)N2Cc1ccc(-c2ccccc2CNC(=O)NCCO)cc1. The number of urea groups is 1. The molecule has 0 radical (unpaired) electrons. The lowest BCUT2D eigenvalue weighted by molar-refractivity contribution is -0.129. The number of nitrogens with zero attached hydrogens (tertiary/aromatic N) is 1. The van der Waals surface area contributed by atoms with Crippen molar-refractivity contribution in [2.24, 2.45) is 5.73 Å². The predicted octanol–water partition coefficient (Wildman–Crippen LogP) is 3.01. The minimum atomic E-state index is -1.12. The van der Waals surface area contributed by atoms with Crippen molar-refractivity contribution in [1.29, 1.82) is 0 Å². The molecule has 0 spiro atoms. The maximum absolute atomic E-state index is 13.8. The molecule has 0 saturated heterocycles. The van der Waals surface area contributed by atoms with Gasteiger partial charge in [0.1, 0.15) is 11.8 Å². The zero-order valence-corrected chi connectivity index (χ0v) is 24.8. The highest BCUT2D eigenvalue weighted by Gasteiger charge is 2.34. The second kappa shape index (κ2) is 13.7. The molecule has 3 aromatic rings. The molecule has 1 atom stereocenters. The number of anilines is 1. The van der Waals surface area contributed by atoms with Gasteiger partial charge in [0, 0.05) is 23.7 Å². The number of ether oxygens (including phenoxy) is 1. The van der Waals surface area contributed by atoms with Crippen LogP contribution in [0.1, 0.15) is 25.0 Å². The molecule has 222 valence electrons. The maximum atomic E-state index is 13.8. The lowest BCUT2D eigenvalue weighted by Gasteiger charge is -2.28. The summed E-state index contributed by atoms with van der Waals surface area (Å²) in [6, 6.07) is 20.2. The van der Waals surface area contributed by atoms with Crippen molar-refractivity contribution in [3.8, 4) is 16.9 Å². The molecule has 0 fully saturated rings. The van der Waals surface area contributed by atoms with E-state index in [0.717, 1.165) is 32.8 Å². The van der Waals surface area contributed by atoms with E-state index < -0.39 is 17.5 Å². The Balaban J connectivity index is 1.57. The first-order valence-corrected chi connectivity index (χ1v) is 14.6. The van der Waals surface area contributed by atoms with E-state index in [2.05, 4.69) is 16.0 Å². The van der Waals surface area contributed by atoms with E-state index in [1.165, 1.54) is 11.8 Å². The molecular weight excluding hydrogens is 554 g/mol. The molecule has 10 nitrogen and oxygen atoms in total. The number of amides is 4. The largest absolute Gasteiger partial charge is 0.497 e. The highest BCUT2D eigenvalue weighted by molar-refractivity contribution is 7.99. The Hall–Kier alpha value is -4.06. The molecule has 0 aromatic heterocycles. The maximum Gasteiger partial charge on any atom is 0.315 e. The second-order valence-electron chi connectivity index (χ2n) is 10.5. The first kappa shape index (κ1) is 30.9. The Bertz CT molecular complexity index is 1420. The van der Waals surface area contributed by atoms with Gasteiger partial charge >= 0.3 is 6.03 Å². The summed E-state index contributed by atoms with van der Waals surface area (Å²) in [6.07, 6.45) is 0. The van der Waals surface area contributed by atoms with Crippen LogP contribution in [0.25, 0.3) is 11.1 Å². The van der Waals surface area contributed by atoms with E-state index >= 15 is 0 Å². The molecule has 4 rings (SSSR count). The lowest BCUT2D eigenvalue weighted by atomic mass is 9.98. The normalized spacial score (nSPS) is 14.9. The van der Waals surface area contributed by atoms with Crippen LogP contribution in [0, 0.1) is 0 Å². The topological polar surface area (TPSA) is 146 Å². The number of hydrogen-bond acceptors (Lipinski definition) is 7. The molecule has 11 heteroatoms. The molecule has 0 aliphatic carbocycles. The first-order chi connectivity index (χ1) is 20.1. The van der Waals surface area contributed by atoms with E-state index in [-0.39, 0.29) is 25.1 Å². The van der Waals surface area contributed by atoms with Crippen LogP contribution in [-0.4, -0.2) is 60.5 Å². The van der Waals surface area contributed by atoms with Crippen LogP contribution in [0.3, 0.4) is 0 Å². The van der Waals surface area contributed by atoms with Gasteiger partial charge in [0.05, 0.1) is 31.5 Å². The van der Waals surface area contributed by atoms with Gasteiger partial charge in [-0.25, -0.2) is 4.79 Å². The minimum absolute atomic E-state index is 0.126. The molecular formula is C31H37N5O5S. The molecule has 6 N–H and O–H groups in total. The summed E-state index contributed by atoms with van der Waals surface area (Å²) in [5.41, 5.74) is 9.40. The summed E-state index contributed by atoms with van der Waals surface area (Å²) < 4.78 is 5.41. The standard InChI is InChI=1S/C31H37N5O5S/c1-31(2,32)29(39)35-25-19-42-27-16-23(41-3)12-13-26(27)36(28(25)38)18-20-8-10-21(11-9-20)24-7-5-4-6-22(24)17-34-30(40)33-14-15-37/h4-13,16,25,37H,14-15,17-19,32H2,1-3H3,(H,35,39)(H2,33,34,40)/t25-/m1/s1. The van der Waals surface area contributed by atoms with Gasteiger partial charge in [0.2, 0.25) is 5.91 Å². The van der Waals surface area contributed by atoms with Crippen molar-refractivity contribution in [1.82, 2.24) is 16.0 Å². The van der Waals surface area contributed by atoms with Crippen molar-refractivity contribution in [3.05, 3.63) is 77.9 Å². The summed E-state index contributed by atoms with van der Waals surface area (Å²) >= 11 is 1.49. The molecule has 1 heterocycles. The molecule has 42 heavy (non-hydrogen) atoms. The highest BCUT2D eigenvalue weighted by Crippen LogP contribution is 2.38. The monoisotopic (exact) mass is 591 g/mol. The number of aliphatic hydroxyl groups is 1. The van der Waals surface area contributed by atoms with Gasteiger partial charge in [-0.2, -0.15) is 0 Å². The minimum Gasteiger partial charge on any atom is -0.497 e. The lowest BCUT2D eigenvalue weighted by Crippen LogP contribution is -2.56. The van der Waals surface area contributed by atoms with Crippen LogP contribution < -0.4 is 31.3 Å². The van der Waals surface area contributed by atoms with E-state index in [1.807, 2.05) is 66.7 Å². The van der Waals surface area contributed by atoms with Crippen molar-refractivity contribution < 1.29 is 24.2 Å². The molecule has 0 saturated carbocycles. The summed E-state index contributed by atoms with van der Waals surface area (Å²) in [4.78, 5) is 41.1. The number of aliphatic hydroxyl groups excluding tert-OH is 1. The van der Waals surface area contributed by atoms with Crippen LogP contribution in [-0.2, 0) is 22.7 Å². The molecule has 3 aromatic carbocycles. The third-order valence-corrected chi connectivity index (χ3v) is 7.92. The summed E-state index contributed by atoms with van der Waals surface area (Å²) in [5.74, 6) is 0.430. The van der Waals surface area contributed by atoms with Gasteiger partial charge in [-0.1, -0.05) is 48.5 Å². The van der Waals surface area contributed by atoms with Crippen molar-refractivity contribution in [3.63, 3.8) is 0 Å². The number of carbonyl (C=O) groups is 3. The number of methoxy groups -OCH3 is 1. The van der Waals surface area contributed by atoms with Crippen molar-refractivity contribution in [2.75, 3.05) is 30.9 Å². The van der Waals surface area contributed by atoms with Crippen LogP contribution >= 0.6 is 11.8 Å². The molecule has 1 aliphatic heterocycles. The Morgan fingerprint density at radius 1 is 1.10 bits per heavy atom. The van der Waals surface area contributed by atoms with Crippen LogP contribution in [0.15, 0.2) is 71.6 Å². The highest BCUT2D eigenvalue weighted by atomic mass is 32.2. The van der Waals surface area contributed by atoms with Gasteiger partial charge in [-0.05, 0) is 54.3 Å². The van der Waals surface area contributed by atoms with E-state index in [1.54, 1.807) is 25.9 Å². The fourth-order valence-corrected chi connectivity index (χ4v) is 5.56. The first-order valence-electron chi connectivity index (χ1n) is 13.6. The smallest absolute Gasteiger partial charge is 0.315 e. The number of carbonyl (C=O) groups excluding carboxylic acids is 3. The number of thioether (sulfide) groups is 1. The molecule has 1 aliphatic rings. The Kier molecular flexibility index (Phi) is 10.1. The van der Waals surface area contributed by atoms with Gasteiger partial charge in [0.25, 0.3) is 5.91 Å². The van der Waals surface area contributed by atoms with Gasteiger partial charge in [-0.3, -0.25) is 9.59 Å². The number of benzene rings is 3. The number of rotatable bonds is 10.